The van der Waals surface area contributed by atoms with Crippen LogP contribution in [0.3, 0.4) is 0 Å². The lowest BCUT2D eigenvalue weighted by molar-refractivity contribution is 0.0411. The minimum atomic E-state index is 0.740. The van der Waals surface area contributed by atoms with Crippen LogP contribution in [-0.2, 0) is 0 Å². The Bertz CT molecular complexity index is 394. The lowest BCUT2D eigenvalue weighted by Crippen LogP contribution is -2.44. The maximum Gasteiger partial charge on any atom is 0.0184 e. The summed E-state index contributed by atoms with van der Waals surface area (Å²) < 4.78 is 2.23. The maximum absolute atomic E-state index is 4.52. The number of rotatable bonds is 4. The fourth-order valence-corrected chi connectivity index (χ4v) is 6.34. The lowest BCUT2D eigenvalue weighted by Gasteiger charge is -2.46. The Hall–Kier alpha value is 0.270. The van der Waals surface area contributed by atoms with Gasteiger partial charge >= 0.3 is 0 Å². The van der Waals surface area contributed by atoms with Crippen molar-refractivity contribution in [3.05, 3.63) is 0 Å². The van der Waals surface area contributed by atoms with E-state index in [9.17, 15) is 0 Å². The van der Waals surface area contributed by atoms with Gasteiger partial charge in [0.25, 0.3) is 0 Å². The van der Waals surface area contributed by atoms with Crippen LogP contribution in [0.4, 0.5) is 0 Å². The number of hydrogen-bond donors (Lipinski definition) is 1. The summed E-state index contributed by atoms with van der Waals surface area (Å²) in [5.41, 5.74) is 0.740. The number of fused-ring (bicyclic) bond motifs is 1. The molecular formula is C20H36N2S. The third kappa shape index (κ3) is 3.48. The molecule has 2 unspecified atom stereocenters. The van der Waals surface area contributed by atoms with Gasteiger partial charge in [0.2, 0.25) is 0 Å². The molecule has 0 bridgehead atoms. The van der Waals surface area contributed by atoms with Crippen LogP contribution in [0.2, 0.25) is 0 Å². The second-order valence-corrected chi connectivity index (χ2v) is 10.2. The Balaban J connectivity index is 1.21. The largest absolute Gasteiger partial charge is 0.300 e. The smallest absolute Gasteiger partial charge is 0.0184 e. The van der Waals surface area contributed by atoms with E-state index in [1.54, 1.807) is 0 Å². The number of piperidine rings is 2. The van der Waals surface area contributed by atoms with E-state index in [1.807, 2.05) is 0 Å². The number of thiol groups is 1. The zero-order chi connectivity index (χ0) is 16.0. The molecule has 23 heavy (non-hydrogen) atoms. The first kappa shape index (κ1) is 16.7. The fourth-order valence-electron chi connectivity index (χ4n) is 5.96. The van der Waals surface area contributed by atoms with E-state index in [4.69, 9.17) is 0 Å². The fraction of sp³-hybridized carbons (Fsp3) is 1.00. The number of nitrogens with zero attached hydrogens (tertiary/aromatic N) is 2. The average molecular weight is 337 g/mol. The normalized spacial score (nSPS) is 38.3. The van der Waals surface area contributed by atoms with Gasteiger partial charge in [-0.15, -0.1) is 0 Å². The van der Waals surface area contributed by atoms with Gasteiger partial charge in [0, 0.05) is 19.1 Å². The Labute approximate surface area is 148 Å². The molecule has 0 aromatic heterocycles. The molecule has 0 aromatic rings. The van der Waals surface area contributed by atoms with Gasteiger partial charge in [0.05, 0.1) is 0 Å². The second kappa shape index (κ2) is 6.53. The van der Waals surface area contributed by atoms with Crippen LogP contribution in [0, 0.1) is 29.1 Å². The highest BCUT2D eigenvalue weighted by Gasteiger charge is 2.58. The molecule has 4 fully saturated rings. The van der Waals surface area contributed by atoms with Gasteiger partial charge in [-0.2, -0.15) is 0 Å². The number of likely N-dealkylation sites (tertiary alicyclic amines) is 1. The lowest BCUT2D eigenvalue weighted by atomic mass is 9.64. The highest BCUT2D eigenvalue weighted by Crippen LogP contribution is 2.53. The van der Waals surface area contributed by atoms with Crippen molar-refractivity contribution in [3.8, 4) is 0 Å². The van der Waals surface area contributed by atoms with Crippen LogP contribution >= 0.6 is 12.8 Å². The predicted octanol–water partition coefficient (Wildman–Crippen LogP) is 4.47. The summed E-state index contributed by atoms with van der Waals surface area (Å²) in [5, 5.41) is 0. The monoisotopic (exact) mass is 336 g/mol. The van der Waals surface area contributed by atoms with Crippen molar-refractivity contribution in [1.29, 1.82) is 0 Å². The molecule has 2 aliphatic heterocycles. The van der Waals surface area contributed by atoms with Gasteiger partial charge in [-0.25, -0.2) is 0 Å². The van der Waals surface area contributed by atoms with Gasteiger partial charge < -0.3 is 0 Å². The molecule has 0 N–H and O–H groups in total. The minimum absolute atomic E-state index is 0.740. The predicted molar refractivity (Wildman–Crippen MR) is 101 cm³/mol. The second-order valence-electron chi connectivity index (χ2n) is 9.64. The van der Waals surface area contributed by atoms with Crippen molar-refractivity contribution in [3.63, 3.8) is 0 Å². The van der Waals surface area contributed by atoms with E-state index in [0.29, 0.717) is 0 Å². The summed E-state index contributed by atoms with van der Waals surface area (Å²) in [4.78, 5) is 2.85. The first-order valence-electron chi connectivity index (χ1n) is 10.2. The van der Waals surface area contributed by atoms with Crippen molar-refractivity contribution >= 4 is 12.8 Å². The molecular weight excluding hydrogens is 300 g/mol. The Morgan fingerprint density at radius 1 is 1.00 bits per heavy atom. The molecule has 1 spiro atoms. The van der Waals surface area contributed by atoms with E-state index in [1.165, 1.54) is 77.5 Å². The minimum Gasteiger partial charge on any atom is -0.300 e. The molecule has 2 saturated carbocycles. The maximum atomic E-state index is 4.52. The molecule has 2 nitrogen and oxygen atoms in total. The van der Waals surface area contributed by atoms with Crippen molar-refractivity contribution in [2.24, 2.45) is 29.1 Å². The summed E-state index contributed by atoms with van der Waals surface area (Å²) in [6, 6.07) is 0.929. The van der Waals surface area contributed by atoms with Crippen molar-refractivity contribution in [2.45, 2.75) is 71.3 Å². The van der Waals surface area contributed by atoms with Crippen LogP contribution in [0.25, 0.3) is 0 Å². The average Bonchev–Trinajstić information content (AvgIpc) is 3.04. The highest BCUT2D eigenvalue weighted by atomic mass is 32.1. The Morgan fingerprint density at radius 2 is 1.61 bits per heavy atom. The van der Waals surface area contributed by atoms with Crippen LogP contribution in [-0.4, -0.2) is 41.4 Å². The van der Waals surface area contributed by atoms with Crippen LogP contribution in [0.15, 0.2) is 0 Å². The molecule has 2 atom stereocenters. The zero-order valence-corrected chi connectivity index (χ0v) is 16.1. The van der Waals surface area contributed by atoms with Gasteiger partial charge in [0.15, 0.2) is 0 Å². The quantitative estimate of drug-likeness (QED) is 0.757. The summed E-state index contributed by atoms with van der Waals surface area (Å²) in [6.07, 6.45) is 12.0. The van der Waals surface area contributed by atoms with Gasteiger partial charge in [-0.05, 0) is 80.7 Å². The van der Waals surface area contributed by atoms with Crippen LogP contribution < -0.4 is 0 Å². The molecule has 2 heterocycles. The third-order valence-electron chi connectivity index (χ3n) is 7.73. The zero-order valence-electron chi connectivity index (χ0n) is 15.2. The highest BCUT2D eigenvalue weighted by molar-refractivity contribution is 7.77. The molecule has 4 rings (SSSR count). The molecule has 2 saturated heterocycles. The van der Waals surface area contributed by atoms with Crippen molar-refractivity contribution < 1.29 is 0 Å². The SMILES string of the molecule is CC(C)CCC1CCC2(CC1)CCN(C1C3CN(S)CC31)CC2. The molecule has 2 aliphatic carbocycles. The number of hydrogen-bond acceptors (Lipinski definition) is 3. The van der Waals surface area contributed by atoms with Gasteiger partial charge in [-0.1, -0.05) is 39.5 Å². The van der Waals surface area contributed by atoms with E-state index in [2.05, 4.69) is 35.9 Å². The first-order chi connectivity index (χ1) is 11.1. The molecule has 0 aromatic carbocycles. The Kier molecular flexibility index (Phi) is 4.75. The van der Waals surface area contributed by atoms with Gasteiger partial charge in [-0.3, -0.25) is 9.21 Å². The summed E-state index contributed by atoms with van der Waals surface area (Å²) in [7, 11) is 0. The summed E-state index contributed by atoms with van der Waals surface area (Å²) in [5.74, 6) is 3.84. The molecule has 0 radical (unpaired) electrons. The van der Waals surface area contributed by atoms with E-state index in [-0.39, 0.29) is 0 Å². The summed E-state index contributed by atoms with van der Waals surface area (Å²) in [6.45, 7) is 10.00. The van der Waals surface area contributed by atoms with Gasteiger partial charge in [0.1, 0.15) is 0 Å². The molecule has 132 valence electrons. The summed E-state index contributed by atoms with van der Waals surface area (Å²) >= 11 is 4.52. The standard InChI is InChI=1S/C20H36N2S/c1-15(2)3-4-16-5-7-20(8-6-16)9-11-21(12-10-20)19-17-13-22(23)14-18(17)19/h15-19,23H,3-14H2,1-2H3. The topological polar surface area (TPSA) is 6.48 Å². The molecule has 4 aliphatic rings. The third-order valence-corrected chi connectivity index (χ3v) is 8.05. The van der Waals surface area contributed by atoms with E-state index < -0.39 is 0 Å². The van der Waals surface area contributed by atoms with Crippen molar-refractivity contribution in [2.75, 3.05) is 26.2 Å². The van der Waals surface area contributed by atoms with E-state index in [0.717, 1.165) is 35.1 Å². The Morgan fingerprint density at radius 3 is 2.17 bits per heavy atom. The first-order valence-corrected chi connectivity index (χ1v) is 10.6. The molecule has 3 heteroatoms. The van der Waals surface area contributed by atoms with E-state index >= 15 is 0 Å². The van der Waals surface area contributed by atoms with Crippen LogP contribution in [0.5, 0.6) is 0 Å². The van der Waals surface area contributed by atoms with Crippen LogP contribution in [0.1, 0.15) is 65.2 Å². The van der Waals surface area contributed by atoms with Crippen molar-refractivity contribution in [1.82, 2.24) is 9.21 Å². The molecule has 0 amide bonds.